The van der Waals surface area contributed by atoms with Gasteiger partial charge in [-0.2, -0.15) is 0 Å². The Labute approximate surface area is 108 Å². The van der Waals surface area contributed by atoms with Crippen molar-refractivity contribution in [3.63, 3.8) is 0 Å². The second-order valence-corrected chi connectivity index (χ2v) is 5.17. The summed E-state index contributed by atoms with van der Waals surface area (Å²) in [5.74, 6) is -0.166. The zero-order valence-electron chi connectivity index (χ0n) is 9.08. The van der Waals surface area contributed by atoms with Crippen molar-refractivity contribution in [3.8, 4) is 0 Å². The average Bonchev–Trinajstić information content (AvgIpc) is 2.72. The molecule has 0 saturated heterocycles. The molecule has 1 heterocycles. The zero-order valence-corrected chi connectivity index (χ0v) is 10.7. The summed E-state index contributed by atoms with van der Waals surface area (Å²) in [7, 11) is 0. The van der Waals surface area contributed by atoms with Crippen LogP contribution in [0.1, 0.15) is 17.2 Å². The molecule has 2 aromatic carbocycles. The van der Waals surface area contributed by atoms with E-state index >= 15 is 0 Å². The highest BCUT2D eigenvalue weighted by Gasteiger charge is 2.22. The first-order valence-electron chi connectivity index (χ1n) is 5.53. The number of halogens is 2. The number of nitrogens with one attached hydrogen (secondary N) is 1. The van der Waals surface area contributed by atoms with Gasteiger partial charge in [0.1, 0.15) is 5.82 Å². The number of fused-ring (bicyclic) bond motifs is 1. The van der Waals surface area contributed by atoms with Crippen LogP contribution in [-0.2, 0) is 6.42 Å². The Hall–Kier alpha value is -1.35. The zero-order chi connectivity index (χ0) is 11.8. The van der Waals surface area contributed by atoms with Gasteiger partial charge in [-0.15, -0.1) is 0 Å². The molecule has 0 aromatic heterocycles. The van der Waals surface area contributed by atoms with E-state index in [1.165, 1.54) is 11.6 Å². The summed E-state index contributed by atoms with van der Waals surface area (Å²) in [5.41, 5.74) is 3.31. The maximum absolute atomic E-state index is 13.1. The molecule has 0 bridgehead atoms. The lowest BCUT2D eigenvalue weighted by Gasteiger charge is -2.11. The second kappa shape index (κ2) is 4.15. The van der Waals surface area contributed by atoms with Gasteiger partial charge in [-0.3, -0.25) is 0 Å². The Morgan fingerprint density at radius 1 is 1.18 bits per heavy atom. The summed E-state index contributed by atoms with van der Waals surface area (Å²) >= 11 is 3.47. The normalized spacial score (nSPS) is 17.6. The van der Waals surface area contributed by atoms with Gasteiger partial charge in [0.15, 0.2) is 0 Å². The molecule has 0 fully saturated rings. The SMILES string of the molecule is Fc1ccc2c(c1)CC(c1cccc(Br)c1)N2. The predicted molar refractivity (Wildman–Crippen MR) is 70.6 cm³/mol. The molecule has 0 radical (unpaired) electrons. The maximum Gasteiger partial charge on any atom is 0.123 e. The Kier molecular flexibility index (Phi) is 2.63. The number of anilines is 1. The van der Waals surface area contributed by atoms with Crippen LogP contribution >= 0.6 is 15.9 Å². The monoisotopic (exact) mass is 291 g/mol. The highest BCUT2D eigenvalue weighted by Crippen LogP contribution is 2.35. The lowest BCUT2D eigenvalue weighted by atomic mass is 10.0. The first-order valence-corrected chi connectivity index (χ1v) is 6.32. The molecule has 17 heavy (non-hydrogen) atoms. The van der Waals surface area contributed by atoms with E-state index in [-0.39, 0.29) is 11.9 Å². The smallest absolute Gasteiger partial charge is 0.123 e. The largest absolute Gasteiger partial charge is 0.378 e. The van der Waals surface area contributed by atoms with E-state index in [1.807, 2.05) is 18.2 Å². The fraction of sp³-hybridized carbons (Fsp3) is 0.143. The maximum atomic E-state index is 13.1. The van der Waals surface area contributed by atoms with Crippen molar-refractivity contribution in [3.05, 3.63) is 63.9 Å². The Morgan fingerprint density at radius 2 is 2.06 bits per heavy atom. The molecule has 2 aromatic rings. The van der Waals surface area contributed by atoms with Gasteiger partial charge in [0.05, 0.1) is 6.04 Å². The standard InChI is InChI=1S/C14H11BrFN/c15-11-3-1-2-9(6-11)14-8-10-7-12(16)4-5-13(10)17-14/h1-7,14,17H,8H2. The van der Waals surface area contributed by atoms with Gasteiger partial charge in [-0.1, -0.05) is 28.1 Å². The predicted octanol–water partition coefficient (Wildman–Crippen LogP) is 4.30. The number of benzene rings is 2. The summed E-state index contributed by atoms with van der Waals surface area (Å²) in [6.45, 7) is 0. The molecule has 1 aliphatic rings. The van der Waals surface area contributed by atoms with Crippen LogP contribution in [0.15, 0.2) is 46.9 Å². The summed E-state index contributed by atoms with van der Waals surface area (Å²) in [5, 5.41) is 3.42. The fourth-order valence-corrected chi connectivity index (χ4v) is 2.67. The second-order valence-electron chi connectivity index (χ2n) is 4.26. The molecule has 1 N–H and O–H groups in total. The minimum Gasteiger partial charge on any atom is -0.378 e. The molecule has 1 aliphatic heterocycles. The molecular formula is C14H11BrFN. The third-order valence-electron chi connectivity index (χ3n) is 3.07. The molecule has 0 amide bonds. The van der Waals surface area contributed by atoms with Gasteiger partial charge in [0, 0.05) is 10.2 Å². The molecule has 1 unspecified atom stereocenters. The van der Waals surface area contributed by atoms with Crippen molar-refractivity contribution in [2.45, 2.75) is 12.5 Å². The minimum atomic E-state index is -0.166. The number of rotatable bonds is 1. The lowest BCUT2D eigenvalue weighted by molar-refractivity contribution is 0.626. The van der Waals surface area contributed by atoms with Crippen molar-refractivity contribution < 1.29 is 4.39 Å². The van der Waals surface area contributed by atoms with Crippen LogP contribution in [-0.4, -0.2) is 0 Å². The Balaban J connectivity index is 1.91. The van der Waals surface area contributed by atoms with Gasteiger partial charge in [0.25, 0.3) is 0 Å². The summed E-state index contributed by atoms with van der Waals surface area (Å²) in [6, 6.07) is 13.4. The van der Waals surface area contributed by atoms with E-state index in [1.54, 1.807) is 6.07 Å². The van der Waals surface area contributed by atoms with E-state index in [2.05, 4.69) is 33.4 Å². The van der Waals surface area contributed by atoms with E-state index in [0.29, 0.717) is 0 Å². The van der Waals surface area contributed by atoms with Crippen LogP contribution in [0, 0.1) is 5.82 Å². The van der Waals surface area contributed by atoms with Crippen LogP contribution in [0.25, 0.3) is 0 Å². The van der Waals surface area contributed by atoms with Gasteiger partial charge in [-0.25, -0.2) is 4.39 Å². The lowest BCUT2D eigenvalue weighted by Crippen LogP contribution is -2.05. The molecule has 86 valence electrons. The highest BCUT2D eigenvalue weighted by molar-refractivity contribution is 9.10. The minimum absolute atomic E-state index is 0.166. The van der Waals surface area contributed by atoms with Crippen LogP contribution in [0.2, 0.25) is 0 Å². The van der Waals surface area contributed by atoms with Crippen molar-refractivity contribution in [2.24, 2.45) is 0 Å². The van der Waals surface area contributed by atoms with Crippen LogP contribution in [0.5, 0.6) is 0 Å². The summed E-state index contributed by atoms with van der Waals surface area (Å²) < 4.78 is 14.2. The molecule has 1 nitrogen and oxygen atoms in total. The van der Waals surface area contributed by atoms with E-state index in [4.69, 9.17) is 0 Å². The van der Waals surface area contributed by atoms with E-state index in [0.717, 1.165) is 22.1 Å². The number of hydrogen-bond donors (Lipinski definition) is 1. The molecule has 0 saturated carbocycles. The van der Waals surface area contributed by atoms with Crippen molar-refractivity contribution in [1.29, 1.82) is 0 Å². The summed E-state index contributed by atoms with van der Waals surface area (Å²) in [6.07, 6.45) is 0.837. The van der Waals surface area contributed by atoms with Gasteiger partial charge < -0.3 is 5.32 Å². The van der Waals surface area contributed by atoms with Crippen LogP contribution < -0.4 is 5.32 Å². The third-order valence-corrected chi connectivity index (χ3v) is 3.57. The van der Waals surface area contributed by atoms with E-state index in [9.17, 15) is 4.39 Å². The number of hydrogen-bond acceptors (Lipinski definition) is 1. The summed E-state index contributed by atoms with van der Waals surface area (Å²) in [4.78, 5) is 0. The van der Waals surface area contributed by atoms with E-state index < -0.39 is 0 Å². The quantitative estimate of drug-likeness (QED) is 0.826. The van der Waals surface area contributed by atoms with Crippen molar-refractivity contribution in [1.82, 2.24) is 0 Å². The Morgan fingerprint density at radius 3 is 2.88 bits per heavy atom. The van der Waals surface area contributed by atoms with Crippen LogP contribution in [0.4, 0.5) is 10.1 Å². The molecule has 1 atom stereocenters. The fourth-order valence-electron chi connectivity index (χ4n) is 2.26. The van der Waals surface area contributed by atoms with Gasteiger partial charge in [0.2, 0.25) is 0 Å². The molecule has 3 heteroatoms. The molecule has 3 rings (SSSR count). The molecule has 0 spiro atoms. The topological polar surface area (TPSA) is 12.0 Å². The van der Waals surface area contributed by atoms with Crippen molar-refractivity contribution >= 4 is 21.6 Å². The van der Waals surface area contributed by atoms with Gasteiger partial charge in [-0.05, 0) is 47.9 Å². The highest BCUT2D eigenvalue weighted by atomic mass is 79.9. The Bertz CT molecular complexity index is 568. The van der Waals surface area contributed by atoms with Crippen LogP contribution in [0.3, 0.4) is 0 Å². The van der Waals surface area contributed by atoms with Crippen molar-refractivity contribution in [2.75, 3.05) is 5.32 Å². The van der Waals surface area contributed by atoms with Gasteiger partial charge >= 0.3 is 0 Å². The third kappa shape index (κ3) is 2.07. The molecular weight excluding hydrogens is 281 g/mol. The average molecular weight is 292 g/mol. The molecule has 0 aliphatic carbocycles. The first-order chi connectivity index (χ1) is 8.22. The first kappa shape index (κ1) is 10.8.